The number of piperazine rings is 1. The Kier molecular flexibility index (Phi) is 5.94. The third-order valence-corrected chi connectivity index (χ3v) is 3.64. The van der Waals surface area contributed by atoms with Gasteiger partial charge in [-0.05, 0) is 18.7 Å². The van der Waals surface area contributed by atoms with Gasteiger partial charge in [0.2, 0.25) is 0 Å². The van der Waals surface area contributed by atoms with E-state index >= 15 is 0 Å². The molecule has 0 aliphatic carbocycles. The monoisotopic (exact) mass is 313 g/mol. The summed E-state index contributed by atoms with van der Waals surface area (Å²) < 4.78 is 31.0. The third-order valence-electron chi connectivity index (χ3n) is 3.64. The largest absolute Gasteiger partial charge is 0.492 e. The van der Waals surface area contributed by atoms with Crippen LogP contribution in [0.4, 0.5) is 13.6 Å². The zero-order valence-corrected chi connectivity index (χ0v) is 12.6. The summed E-state index contributed by atoms with van der Waals surface area (Å²) in [5.74, 6) is -1.62. The minimum atomic E-state index is -0.949. The number of ether oxygens (including phenoxy) is 1. The summed E-state index contributed by atoms with van der Waals surface area (Å²) in [6.07, 6.45) is 0. The number of benzene rings is 1. The van der Waals surface area contributed by atoms with E-state index in [-0.39, 0.29) is 18.4 Å². The van der Waals surface area contributed by atoms with E-state index in [1.807, 2.05) is 0 Å². The highest BCUT2D eigenvalue weighted by atomic mass is 19.2. The molecule has 1 aromatic rings. The normalized spacial score (nSPS) is 15.7. The molecule has 1 aliphatic rings. The van der Waals surface area contributed by atoms with Gasteiger partial charge >= 0.3 is 6.03 Å². The summed E-state index contributed by atoms with van der Waals surface area (Å²) in [5.41, 5.74) is 0. The molecular formula is C15H21F2N3O2. The molecule has 1 fully saturated rings. The molecule has 1 aliphatic heterocycles. The highest BCUT2D eigenvalue weighted by Crippen LogP contribution is 2.14. The molecule has 7 heteroatoms. The number of hydrogen-bond acceptors (Lipinski definition) is 3. The van der Waals surface area contributed by atoms with Gasteiger partial charge in [-0.3, -0.25) is 0 Å². The van der Waals surface area contributed by atoms with E-state index in [0.717, 1.165) is 31.8 Å². The van der Waals surface area contributed by atoms with E-state index in [2.05, 4.69) is 17.1 Å². The lowest BCUT2D eigenvalue weighted by Crippen LogP contribution is -2.52. The Balaban J connectivity index is 1.66. The maximum Gasteiger partial charge on any atom is 0.317 e. The van der Waals surface area contributed by atoms with Crippen LogP contribution >= 0.6 is 0 Å². The molecule has 0 bridgehead atoms. The van der Waals surface area contributed by atoms with Crippen molar-refractivity contribution in [3.63, 3.8) is 0 Å². The second-order valence-corrected chi connectivity index (χ2v) is 5.08. The number of urea groups is 1. The van der Waals surface area contributed by atoms with Gasteiger partial charge in [0, 0.05) is 32.2 Å². The summed E-state index contributed by atoms with van der Waals surface area (Å²) in [5, 5.41) is 2.76. The molecule has 0 saturated carbocycles. The molecule has 0 unspecified atom stereocenters. The Bertz CT molecular complexity index is 506. The first kappa shape index (κ1) is 16.5. The van der Waals surface area contributed by atoms with Gasteiger partial charge in [-0.15, -0.1) is 0 Å². The van der Waals surface area contributed by atoms with E-state index in [0.29, 0.717) is 19.6 Å². The number of hydrogen-bond donors (Lipinski definition) is 1. The maximum atomic E-state index is 13.0. The second-order valence-electron chi connectivity index (χ2n) is 5.08. The SMILES string of the molecule is CCN1CCN(C(=O)NCCOc2ccc(F)c(F)c2)CC1. The van der Waals surface area contributed by atoms with E-state index in [1.165, 1.54) is 6.07 Å². The quantitative estimate of drug-likeness (QED) is 0.842. The lowest BCUT2D eigenvalue weighted by molar-refractivity contribution is 0.142. The summed E-state index contributed by atoms with van der Waals surface area (Å²) in [6.45, 7) is 6.80. The van der Waals surface area contributed by atoms with Crippen LogP contribution in [0, 0.1) is 11.6 Å². The summed E-state index contributed by atoms with van der Waals surface area (Å²) in [4.78, 5) is 16.0. The van der Waals surface area contributed by atoms with Crippen LogP contribution in [0.5, 0.6) is 5.75 Å². The van der Waals surface area contributed by atoms with Gasteiger partial charge in [0.15, 0.2) is 11.6 Å². The molecule has 0 aromatic heterocycles. The summed E-state index contributed by atoms with van der Waals surface area (Å²) in [6, 6.07) is 3.23. The molecule has 1 heterocycles. The minimum Gasteiger partial charge on any atom is -0.492 e. The number of halogens is 2. The van der Waals surface area contributed by atoms with E-state index in [4.69, 9.17) is 4.74 Å². The van der Waals surface area contributed by atoms with Crippen molar-refractivity contribution >= 4 is 6.03 Å². The van der Waals surface area contributed by atoms with Crippen molar-refractivity contribution in [2.75, 3.05) is 45.9 Å². The van der Waals surface area contributed by atoms with E-state index in [1.54, 1.807) is 4.90 Å². The average Bonchev–Trinajstić information content (AvgIpc) is 2.54. The second kappa shape index (κ2) is 7.93. The van der Waals surface area contributed by atoms with Crippen LogP contribution in [0.15, 0.2) is 18.2 Å². The van der Waals surface area contributed by atoms with E-state index < -0.39 is 11.6 Å². The van der Waals surface area contributed by atoms with Crippen molar-refractivity contribution in [1.29, 1.82) is 0 Å². The zero-order valence-electron chi connectivity index (χ0n) is 12.6. The fourth-order valence-corrected chi connectivity index (χ4v) is 2.27. The molecule has 5 nitrogen and oxygen atoms in total. The zero-order chi connectivity index (χ0) is 15.9. The molecule has 2 rings (SSSR count). The Hall–Kier alpha value is -1.89. The lowest BCUT2D eigenvalue weighted by Gasteiger charge is -2.33. The van der Waals surface area contributed by atoms with Crippen LogP contribution in [0.2, 0.25) is 0 Å². The summed E-state index contributed by atoms with van der Waals surface area (Å²) >= 11 is 0. The Labute approximate surface area is 128 Å². The molecule has 0 radical (unpaired) electrons. The fraction of sp³-hybridized carbons (Fsp3) is 0.533. The Morgan fingerprint density at radius 1 is 1.23 bits per heavy atom. The number of rotatable bonds is 5. The third kappa shape index (κ3) is 4.56. The van der Waals surface area contributed by atoms with Gasteiger partial charge in [0.1, 0.15) is 12.4 Å². The first-order valence-electron chi connectivity index (χ1n) is 7.43. The lowest BCUT2D eigenvalue weighted by atomic mass is 10.3. The predicted molar refractivity (Wildman–Crippen MR) is 78.9 cm³/mol. The van der Waals surface area contributed by atoms with Crippen LogP contribution in [0.1, 0.15) is 6.92 Å². The van der Waals surface area contributed by atoms with Gasteiger partial charge in [-0.25, -0.2) is 13.6 Å². The Morgan fingerprint density at radius 3 is 2.59 bits per heavy atom. The van der Waals surface area contributed by atoms with Gasteiger partial charge in [-0.2, -0.15) is 0 Å². The molecule has 122 valence electrons. The summed E-state index contributed by atoms with van der Waals surface area (Å²) in [7, 11) is 0. The minimum absolute atomic E-state index is 0.121. The van der Waals surface area contributed by atoms with Gasteiger partial charge in [0.05, 0.1) is 6.54 Å². The topological polar surface area (TPSA) is 44.8 Å². The molecule has 22 heavy (non-hydrogen) atoms. The van der Waals surface area contributed by atoms with Crippen LogP contribution < -0.4 is 10.1 Å². The molecule has 0 atom stereocenters. The highest BCUT2D eigenvalue weighted by Gasteiger charge is 2.19. The van der Waals surface area contributed by atoms with Crippen molar-refractivity contribution < 1.29 is 18.3 Å². The first-order valence-corrected chi connectivity index (χ1v) is 7.43. The van der Waals surface area contributed by atoms with Crippen molar-refractivity contribution in [2.24, 2.45) is 0 Å². The number of carbonyl (C=O) groups excluding carboxylic acids is 1. The molecule has 0 spiro atoms. The van der Waals surface area contributed by atoms with Gasteiger partial charge < -0.3 is 19.9 Å². The number of nitrogens with zero attached hydrogens (tertiary/aromatic N) is 2. The highest BCUT2D eigenvalue weighted by molar-refractivity contribution is 5.74. The van der Waals surface area contributed by atoms with Crippen LogP contribution in [0.25, 0.3) is 0 Å². The molecule has 1 saturated heterocycles. The molecule has 1 N–H and O–H groups in total. The van der Waals surface area contributed by atoms with Crippen molar-refractivity contribution in [1.82, 2.24) is 15.1 Å². The maximum absolute atomic E-state index is 13.0. The molecule has 1 aromatic carbocycles. The van der Waals surface area contributed by atoms with Gasteiger partial charge in [-0.1, -0.05) is 6.92 Å². The number of likely N-dealkylation sites (N-methyl/N-ethyl adjacent to an activating group) is 1. The van der Waals surface area contributed by atoms with Crippen LogP contribution in [-0.2, 0) is 0 Å². The predicted octanol–water partition coefficient (Wildman–Crippen LogP) is 1.69. The van der Waals surface area contributed by atoms with Crippen molar-refractivity contribution in [3.05, 3.63) is 29.8 Å². The standard InChI is InChI=1S/C15H21F2N3O2/c1-2-19-6-8-20(9-7-19)15(21)18-5-10-22-12-3-4-13(16)14(17)11-12/h3-4,11H,2,5-10H2,1H3,(H,18,21). The average molecular weight is 313 g/mol. The number of nitrogens with one attached hydrogen (secondary N) is 1. The smallest absolute Gasteiger partial charge is 0.317 e. The first-order chi connectivity index (χ1) is 10.6. The van der Waals surface area contributed by atoms with Gasteiger partial charge in [0.25, 0.3) is 0 Å². The van der Waals surface area contributed by atoms with Crippen molar-refractivity contribution in [3.8, 4) is 5.75 Å². The van der Waals surface area contributed by atoms with Crippen LogP contribution in [0.3, 0.4) is 0 Å². The van der Waals surface area contributed by atoms with E-state index in [9.17, 15) is 13.6 Å². The fourth-order valence-electron chi connectivity index (χ4n) is 2.27. The number of amides is 2. The van der Waals surface area contributed by atoms with Crippen molar-refractivity contribution in [2.45, 2.75) is 6.92 Å². The Morgan fingerprint density at radius 2 is 1.95 bits per heavy atom. The molecule has 2 amide bonds. The molecular weight excluding hydrogens is 292 g/mol. The van der Waals surface area contributed by atoms with Crippen LogP contribution in [-0.4, -0.2) is 61.7 Å². The number of carbonyl (C=O) groups is 1.